The lowest BCUT2D eigenvalue weighted by Gasteiger charge is -2.19. The molecule has 0 amide bonds. The number of nitrogens with zero attached hydrogens (tertiary/aromatic N) is 4. The van der Waals surface area contributed by atoms with E-state index < -0.39 is 46.4 Å². The Balaban J connectivity index is 1.80. The normalized spacial score (nSPS) is 27.3. The van der Waals surface area contributed by atoms with Crippen molar-refractivity contribution in [3.63, 3.8) is 0 Å². The molecule has 0 spiro atoms. The van der Waals surface area contributed by atoms with Crippen molar-refractivity contribution in [2.24, 2.45) is 0 Å². The zero-order valence-corrected chi connectivity index (χ0v) is 17.3. The zero-order valence-electron chi connectivity index (χ0n) is 14.7. The second kappa shape index (κ2) is 8.23. The Morgan fingerprint density at radius 1 is 1.34 bits per heavy atom. The molecule has 3 rings (SSSR count). The summed E-state index contributed by atoms with van der Waals surface area (Å²) < 4.78 is 37.9. The predicted molar refractivity (Wildman–Crippen MR) is 99.9 cm³/mol. The number of hydrogen-bond donors (Lipinski definition) is 5. The van der Waals surface area contributed by atoms with E-state index in [4.69, 9.17) is 27.8 Å². The third kappa shape index (κ3) is 4.99. The number of imidazole rings is 1. The van der Waals surface area contributed by atoms with Crippen molar-refractivity contribution >= 4 is 51.6 Å². The van der Waals surface area contributed by atoms with Gasteiger partial charge in [0.05, 0.1) is 12.9 Å². The molecule has 18 heteroatoms. The molecule has 1 unspecified atom stereocenters. The molecule has 1 saturated heterocycles. The van der Waals surface area contributed by atoms with Gasteiger partial charge in [0.15, 0.2) is 22.8 Å². The summed E-state index contributed by atoms with van der Waals surface area (Å²) in [5.41, 5.74) is 6.35. The van der Waals surface area contributed by atoms with Gasteiger partial charge in [-0.25, -0.2) is 23.8 Å². The minimum atomic E-state index is -5.17. The van der Waals surface area contributed by atoms with Gasteiger partial charge in [-0.1, -0.05) is 11.8 Å². The number of ether oxygens (including phenoxy) is 1. The molecular weight excluding hydrogens is 451 g/mol. The van der Waals surface area contributed by atoms with Crippen LogP contribution in [-0.4, -0.2) is 78.3 Å². The third-order valence-corrected chi connectivity index (χ3v) is 6.68. The van der Waals surface area contributed by atoms with Crippen molar-refractivity contribution in [3.8, 4) is 0 Å². The molecule has 0 saturated carbocycles. The first kappa shape index (κ1) is 22.6. The van der Waals surface area contributed by atoms with Crippen LogP contribution in [0.3, 0.4) is 0 Å². The number of phosphoric acid groups is 1. The first-order valence-corrected chi connectivity index (χ1v) is 12.1. The standard InChI is InChI=1S/C11H16BN5O9P2S/c1-29-11-15-8(13)5-9(16-11)17(3-14-5)10-7(19)6(18)4(25-10)2-24-27(12,20)26-28(21,22)23/h3-4,6-7,10,18-19H,2H2,1H3,(H2,13,15,16)(H2,21,22,23)/t4-,6+,7+,10?,27-/m1/s1. The maximum Gasteiger partial charge on any atom is 0.476 e. The Morgan fingerprint density at radius 3 is 2.66 bits per heavy atom. The number of aliphatic hydroxyl groups is 2. The van der Waals surface area contributed by atoms with Gasteiger partial charge < -0.3 is 35.0 Å². The largest absolute Gasteiger partial charge is 0.476 e. The van der Waals surface area contributed by atoms with Crippen LogP contribution in [0.25, 0.3) is 11.2 Å². The maximum atomic E-state index is 11.8. The molecule has 1 fully saturated rings. The molecule has 6 N–H and O–H groups in total. The molecule has 0 bridgehead atoms. The number of thioether (sulfide) groups is 1. The van der Waals surface area contributed by atoms with E-state index in [0.717, 1.165) is 0 Å². The Bertz CT molecular complexity index is 1000. The molecule has 5 atom stereocenters. The molecule has 29 heavy (non-hydrogen) atoms. The lowest BCUT2D eigenvalue weighted by atomic mass is 10.1. The highest BCUT2D eigenvalue weighted by Crippen LogP contribution is 2.57. The van der Waals surface area contributed by atoms with Crippen LogP contribution in [0.4, 0.5) is 5.82 Å². The highest BCUT2D eigenvalue weighted by atomic mass is 32.2. The summed E-state index contributed by atoms with van der Waals surface area (Å²) in [5.74, 6) is 0.115. The van der Waals surface area contributed by atoms with Gasteiger partial charge in [0, 0.05) is 0 Å². The molecule has 1 aliphatic heterocycles. The van der Waals surface area contributed by atoms with Gasteiger partial charge in [0.1, 0.15) is 23.8 Å². The van der Waals surface area contributed by atoms with Crippen molar-refractivity contribution in [2.75, 3.05) is 18.6 Å². The molecule has 3 heterocycles. The van der Waals surface area contributed by atoms with Crippen LogP contribution < -0.4 is 5.73 Å². The van der Waals surface area contributed by atoms with Gasteiger partial charge in [-0.15, -0.1) is 0 Å². The number of aliphatic hydroxyl groups excluding tert-OH is 2. The van der Waals surface area contributed by atoms with E-state index in [1.54, 1.807) is 6.26 Å². The Hall–Kier alpha value is -1.06. The topological polar surface area (TPSA) is 212 Å². The van der Waals surface area contributed by atoms with Gasteiger partial charge in [-0.05, 0) is 6.26 Å². The second-order valence-electron chi connectivity index (χ2n) is 5.87. The van der Waals surface area contributed by atoms with Crippen LogP contribution in [0.2, 0.25) is 0 Å². The molecule has 2 radical (unpaired) electrons. The van der Waals surface area contributed by atoms with Crippen LogP contribution in [0.1, 0.15) is 6.23 Å². The van der Waals surface area contributed by atoms with Gasteiger partial charge in [-0.2, -0.15) is 0 Å². The predicted octanol–water partition coefficient (Wildman–Crippen LogP) is -0.848. The lowest BCUT2D eigenvalue weighted by molar-refractivity contribution is -0.0479. The second-order valence-corrected chi connectivity index (χ2v) is 9.62. The van der Waals surface area contributed by atoms with Crippen LogP contribution in [0, 0.1) is 0 Å². The van der Waals surface area contributed by atoms with Gasteiger partial charge in [0.2, 0.25) is 7.57 Å². The summed E-state index contributed by atoms with van der Waals surface area (Å²) in [6.07, 6.45) is -2.41. The van der Waals surface area contributed by atoms with E-state index in [1.807, 2.05) is 0 Å². The van der Waals surface area contributed by atoms with Crippen LogP contribution >= 0.6 is 27.1 Å². The zero-order chi connectivity index (χ0) is 21.6. The number of nitrogens with two attached hydrogens (primary N) is 1. The molecule has 0 aliphatic carbocycles. The average molecular weight is 467 g/mol. The SMILES string of the molecule is [B][P@@](=O)(OC[C@H]1OC(n2cnc3c(N)nc(SC)nc32)[C@@H](O)[C@H]1O)OP(=O)(O)O. The molecule has 0 aromatic carbocycles. The smallest absolute Gasteiger partial charge is 0.387 e. The summed E-state index contributed by atoms with van der Waals surface area (Å²) in [4.78, 5) is 29.7. The highest BCUT2D eigenvalue weighted by molar-refractivity contribution is 7.98. The number of rotatable bonds is 7. The Labute approximate surface area is 168 Å². The summed E-state index contributed by atoms with van der Waals surface area (Å²) >= 11 is 1.23. The first-order chi connectivity index (χ1) is 13.4. The van der Waals surface area contributed by atoms with E-state index in [9.17, 15) is 19.3 Å². The van der Waals surface area contributed by atoms with Crippen molar-refractivity contribution in [3.05, 3.63) is 6.33 Å². The minimum absolute atomic E-state index is 0.115. The fraction of sp³-hybridized carbons (Fsp3) is 0.545. The van der Waals surface area contributed by atoms with Gasteiger partial charge in [0.25, 0.3) is 7.47 Å². The van der Waals surface area contributed by atoms with Crippen LogP contribution in [-0.2, 0) is 22.7 Å². The molecule has 2 aromatic rings. The van der Waals surface area contributed by atoms with Gasteiger partial charge >= 0.3 is 7.82 Å². The maximum absolute atomic E-state index is 11.8. The summed E-state index contributed by atoms with van der Waals surface area (Å²) in [7, 11) is -4.73. The van der Waals surface area contributed by atoms with E-state index in [0.29, 0.717) is 5.16 Å². The minimum Gasteiger partial charge on any atom is -0.387 e. The van der Waals surface area contributed by atoms with E-state index in [2.05, 4.69) is 23.8 Å². The first-order valence-electron chi connectivity index (χ1n) is 7.77. The van der Waals surface area contributed by atoms with Crippen molar-refractivity contribution < 1.29 is 42.7 Å². The quantitative estimate of drug-likeness (QED) is 0.145. The molecule has 1 aliphatic rings. The number of hydrogen-bond acceptors (Lipinski definition) is 12. The van der Waals surface area contributed by atoms with Crippen molar-refractivity contribution in [2.45, 2.75) is 29.7 Å². The van der Waals surface area contributed by atoms with E-state index in [-0.39, 0.29) is 17.0 Å². The summed E-state index contributed by atoms with van der Waals surface area (Å²) in [6, 6.07) is 0. The Morgan fingerprint density at radius 2 is 2.03 bits per heavy atom. The molecule has 158 valence electrons. The molecular formula is C11H16BN5O9P2S. The van der Waals surface area contributed by atoms with Crippen LogP contribution in [0.15, 0.2) is 11.5 Å². The third-order valence-electron chi connectivity index (χ3n) is 3.86. The highest BCUT2D eigenvalue weighted by Gasteiger charge is 2.45. The van der Waals surface area contributed by atoms with Crippen molar-refractivity contribution in [1.29, 1.82) is 0 Å². The number of aromatic nitrogens is 4. The van der Waals surface area contributed by atoms with E-state index in [1.165, 1.54) is 22.7 Å². The number of nitrogen functional groups attached to an aromatic ring is 1. The number of fused-ring (bicyclic) bond motifs is 1. The monoisotopic (exact) mass is 467 g/mol. The summed E-state index contributed by atoms with van der Waals surface area (Å²) in [5, 5.41) is 20.9. The number of anilines is 1. The van der Waals surface area contributed by atoms with Crippen LogP contribution in [0.5, 0.6) is 0 Å². The molecule has 14 nitrogen and oxygen atoms in total. The Kier molecular flexibility index (Phi) is 6.42. The summed E-state index contributed by atoms with van der Waals surface area (Å²) in [6.45, 7) is -0.692. The fourth-order valence-electron chi connectivity index (χ4n) is 2.64. The van der Waals surface area contributed by atoms with Gasteiger partial charge in [-0.3, -0.25) is 9.13 Å². The lowest BCUT2D eigenvalue weighted by Crippen LogP contribution is -2.33. The molecule has 2 aromatic heterocycles. The van der Waals surface area contributed by atoms with E-state index >= 15 is 0 Å². The fourth-order valence-corrected chi connectivity index (χ4v) is 4.74. The van der Waals surface area contributed by atoms with Crippen molar-refractivity contribution in [1.82, 2.24) is 19.5 Å². The average Bonchev–Trinajstić information content (AvgIpc) is 3.13.